The van der Waals surface area contributed by atoms with Gasteiger partial charge >= 0.3 is 0 Å². The molecule has 0 aliphatic carbocycles. The van der Waals surface area contributed by atoms with Crippen molar-refractivity contribution in [3.8, 4) is 0 Å². The van der Waals surface area contributed by atoms with Crippen molar-refractivity contribution in [2.45, 2.75) is 18.9 Å². The van der Waals surface area contributed by atoms with Crippen LogP contribution in [-0.4, -0.2) is 19.0 Å². The van der Waals surface area contributed by atoms with Gasteiger partial charge in [0.2, 0.25) is 6.29 Å². The molecule has 8 heavy (non-hydrogen) atoms. The Bertz CT molecular complexity index is 75.7. The van der Waals surface area contributed by atoms with Crippen LogP contribution in [0.2, 0.25) is 0 Å². The fraction of sp³-hybridized carbons (Fsp3) is 0.800. The molecule has 0 saturated carbocycles. The number of hydrogen-bond donors (Lipinski definition) is 0. The summed E-state index contributed by atoms with van der Waals surface area (Å²) < 4.78 is 0. The summed E-state index contributed by atoms with van der Waals surface area (Å²) in [5.41, 5.74) is 0. The van der Waals surface area contributed by atoms with Crippen LogP contribution in [0.1, 0.15) is 12.8 Å². The molecule has 0 N–H and O–H groups in total. The minimum Gasteiger partial charge on any atom is -0.288 e. The van der Waals surface area contributed by atoms with E-state index < -0.39 is 6.10 Å². The second-order valence-corrected chi connectivity index (χ2v) is 1.67. The molecular formula is C5H7O3. The summed E-state index contributed by atoms with van der Waals surface area (Å²) in [7, 11) is 0. The summed E-state index contributed by atoms with van der Waals surface area (Å²) in [6.07, 6.45) is 2.89. The van der Waals surface area contributed by atoms with Crippen LogP contribution in [0, 0.1) is 0 Å². The van der Waals surface area contributed by atoms with Crippen molar-refractivity contribution in [2.24, 2.45) is 0 Å². The minimum absolute atomic E-state index is 0.441. The smallest absolute Gasteiger partial charge is 0.233 e. The molecule has 1 atom stereocenters. The Morgan fingerprint density at radius 1 is 1.62 bits per heavy atom. The quantitative estimate of drug-likeness (QED) is 0.458. The second kappa shape index (κ2) is 2.79. The molecule has 0 aromatic carbocycles. The van der Waals surface area contributed by atoms with Gasteiger partial charge in [-0.2, -0.15) is 0 Å². The highest BCUT2D eigenvalue weighted by molar-refractivity contribution is 5.56. The van der Waals surface area contributed by atoms with Crippen molar-refractivity contribution in [1.29, 1.82) is 0 Å². The maximum absolute atomic E-state index is 9.83. The van der Waals surface area contributed by atoms with E-state index in [9.17, 15) is 4.79 Å². The van der Waals surface area contributed by atoms with Gasteiger partial charge in [-0.25, -0.2) is 9.78 Å². The van der Waals surface area contributed by atoms with Gasteiger partial charge in [-0.1, -0.05) is 0 Å². The Hall–Kier alpha value is -0.410. The number of rotatable bonds is 1. The van der Waals surface area contributed by atoms with E-state index >= 15 is 0 Å². The highest BCUT2D eigenvalue weighted by Gasteiger charge is 2.13. The first-order chi connectivity index (χ1) is 3.93. The topological polar surface area (TPSA) is 35.5 Å². The van der Waals surface area contributed by atoms with Gasteiger partial charge in [-0.15, -0.1) is 0 Å². The lowest BCUT2D eigenvalue weighted by atomic mass is 10.2. The summed E-state index contributed by atoms with van der Waals surface area (Å²) in [6.45, 7) is 0.595. The SMILES string of the molecule is O=[C]C1CCCOO1. The molecule has 3 heteroatoms. The molecule has 3 nitrogen and oxygen atoms in total. The monoisotopic (exact) mass is 115 g/mol. The Kier molecular flexibility index (Phi) is 2.00. The number of carbonyl (C=O) groups excluding carboxylic acids is 1. The van der Waals surface area contributed by atoms with Crippen molar-refractivity contribution >= 4 is 6.29 Å². The Morgan fingerprint density at radius 3 is 2.88 bits per heavy atom. The average molecular weight is 115 g/mol. The lowest BCUT2D eigenvalue weighted by Crippen LogP contribution is -2.20. The molecule has 1 saturated heterocycles. The van der Waals surface area contributed by atoms with Crippen LogP contribution in [0.15, 0.2) is 0 Å². The van der Waals surface area contributed by atoms with Crippen LogP contribution in [0.25, 0.3) is 0 Å². The van der Waals surface area contributed by atoms with Crippen LogP contribution < -0.4 is 0 Å². The average Bonchev–Trinajstić information content (AvgIpc) is 1.90. The van der Waals surface area contributed by atoms with E-state index in [2.05, 4.69) is 9.78 Å². The maximum Gasteiger partial charge on any atom is 0.233 e. The van der Waals surface area contributed by atoms with Gasteiger partial charge in [0, 0.05) is 0 Å². The molecule has 1 rings (SSSR count). The maximum atomic E-state index is 9.83. The first-order valence-corrected chi connectivity index (χ1v) is 2.59. The predicted molar refractivity (Wildman–Crippen MR) is 25.8 cm³/mol. The van der Waals surface area contributed by atoms with Crippen molar-refractivity contribution in [2.75, 3.05) is 6.61 Å². The van der Waals surface area contributed by atoms with E-state index in [1.54, 1.807) is 6.29 Å². The van der Waals surface area contributed by atoms with Gasteiger partial charge in [0.1, 0.15) is 0 Å². The highest BCUT2D eigenvalue weighted by atomic mass is 17.2. The zero-order valence-corrected chi connectivity index (χ0v) is 4.42. The largest absolute Gasteiger partial charge is 0.288 e. The van der Waals surface area contributed by atoms with Crippen LogP contribution in [-0.2, 0) is 14.6 Å². The van der Waals surface area contributed by atoms with Crippen LogP contribution in [0.5, 0.6) is 0 Å². The van der Waals surface area contributed by atoms with Gasteiger partial charge in [0.15, 0.2) is 6.10 Å². The molecule has 1 unspecified atom stereocenters. The third-order valence-electron chi connectivity index (χ3n) is 1.01. The molecule has 0 aromatic heterocycles. The van der Waals surface area contributed by atoms with Crippen molar-refractivity contribution < 1.29 is 14.6 Å². The van der Waals surface area contributed by atoms with Crippen molar-refractivity contribution in [1.82, 2.24) is 0 Å². The molecule has 1 aliphatic rings. The van der Waals surface area contributed by atoms with E-state index in [1.165, 1.54) is 0 Å². The first kappa shape index (κ1) is 5.72. The summed E-state index contributed by atoms with van der Waals surface area (Å²) in [4.78, 5) is 18.8. The number of hydrogen-bond acceptors (Lipinski definition) is 3. The van der Waals surface area contributed by atoms with E-state index in [1.807, 2.05) is 0 Å². The third-order valence-corrected chi connectivity index (χ3v) is 1.01. The van der Waals surface area contributed by atoms with Crippen molar-refractivity contribution in [3.63, 3.8) is 0 Å². The predicted octanol–water partition coefficient (Wildman–Crippen LogP) is 0.207. The first-order valence-electron chi connectivity index (χ1n) is 2.59. The van der Waals surface area contributed by atoms with Gasteiger partial charge < -0.3 is 0 Å². The summed E-state index contributed by atoms with van der Waals surface area (Å²) in [6, 6.07) is 0. The van der Waals surface area contributed by atoms with Crippen molar-refractivity contribution in [3.05, 3.63) is 0 Å². The van der Waals surface area contributed by atoms with E-state index in [4.69, 9.17) is 0 Å². The Balaban J connectivity index is 2.22. The zero-order valence-electron chi connectivity index (χ0n) is 4.42. The van der Waals surface area contributed by atoms with Gasteiger partial charge in [-0.05, 0) is 12.8 Å². The van der Waals surface area contributed by atoms with E-state index in [0.29, 0.717) is 6.61 Å². The molecule has 0 bridgehead atoms. The molecule has 1 aliphatic heterocycles. The summed E-state index contributed by atoms with van der Waals surface area (Å²) in [5, 5.41) is 0. The van der Waals surface area contributed by atoms with E-state index in [-0.39, 0.29) is 0 Å². The molecule has 0 spiro atoms. The fourth-order valence-corrected chi connectivity index (χ4v) is 0.585. The van der Waals surface area contributed by atoms with Crippen LogP contribution in [0.3, 0.4) is 0 Å². The molecule has 0 aromatic rings. The minimum atomic E-state index is -0.441. The van der Waals surface area contributed by atoms with E-state index in [0.717, 1.165) is 12.8 Å². The summed E-state index contributed by atoms with van der Waals surface area (Å²) >= 11 is 0. The van der Waals surface area contributed by atoms with Gasteiger partial charge in [0.25, 0.3) is 0 Å². The molecular weight excluding hydrogens is 108 g/mol. The molecule has 45 valence electrons. The van der Waals surface area contributed by atoms with Gasteiger partial charge in [0.05, 0.1) is 6.61 Å². The lowest BCUT2D eigenvalue weighted by Gasteiger charge is -2.14. The normalized spacial score (nSPS) is 29.8. The van der Waals surface area contributed by atoms with Gasteiger partial charge in [-0.3, -0.25) is 4.79 Å². The van der Waals surface area contributed by atoms with Crippen LogP contribution >= 0.6 is 0 Å². The summed E-state index contributed by atoms with van der Waals surface area (Å²) in [5.74, 6) is 0. The lowest BCUT2D eigenvalue weighted by molar-refractivity contribution is -0.328. The third kappa shape index (κ3) is 1.28. The molecule has 1 heterocycles. The van der Waals surface area contributed by atoms with Crippen LogP contribution in [0.4, 0.5) is 0 Å². The molecule has 0 amide bonds. The Morgan fingerprint density at radius 2 is 2.50 bits per heavy atom. The fourth-order valence-electron chi connectivity index (χ4n) is 0.585. The molecule has 1 fully saturated rings. The highest BCUT2D eigenvalue weighted by Crippen LogP contribution is 2.06. The molecule has 1 radical (unpaired) electrons. The Labute approximate surface area is 47.5 Å². The standard InChI is InChI=1S/C5H7O3/c6-4-5-2-1-3-7-8-5/h5H,1-3H2. The zero-order chi connectivity index (χ0) is 5.82. The second-order valence-electron chi connectivity index (χ2n) is 1.67.